The van der Waals surface area contributed by atoms with Crippen LogP contribution in [0.5, 0.6) is 0 Å². The second-order valence-corrected chi connectivity index (χ2v) is 6.30. The Labute approximate surface area is 169 Å². The summed E-state index contributed by atoms with van der Waals surface area (Å²) in [5.41, 5.74) is 2.77. The number of amides is 1. The number of guanidine groups is 1. The molecule has 0 aliphatic heterocycles. The van der Waals surface area contributed by atoms with Gasteiger partial charge in [-0.25, -0.2) is 4.98 Å². The summed E-state index contributed by atoms with van der Waals surface area (Å²) in [7, 11) is 3.37. The van der Waals surface area contributed by atoms with Gasteiger partial charge in [0.1, 0.15) is 0 Å². The minimum atomic E-state index is -0.0853. The van der Waals surface area contributed by atoms with Crippen LogP contribution in [0.25, 0.3) is 0 Å². The van der Waals surface area contributed by atoms with Crippen LogP contribution in [0, 0.1) is 6.92 Å². The Bertz CT molecular complexity index is 717. The molecule has 0 fully saturated rings. The Kier molecular flexibility index (Phi) is 9.43. The summed E-state index contributed by atoms with van der Waals surface area (Å²) in [4.78, 5) is 20.3. The number of aliphatic imine (C=N–C) groups is 1. The van der Waals surface area contributed by atoms with Gasteiger partial charge in [-0.3, -0.25) is 9.79 Å². The maximum atomic E-state index is 11.7. The Morgan fingerprint density at radius 2 is 2.12 bits per heavy atom. The van der Waals surface area contributed by atoms with Crippen molar-refractivity contribution in [1.29, 1.82) is 0 Å². The van der Waals surface area contributed by atoms with Gasteiger partial charge < -0.3 is 16.0 Å². The number of hydrogen-bond donors (Lipinski definition) is 3. The first kappa shape index (κ1) is 21.4. The predicted molar refractivity (Wildman–Crippen MR) is 114 cm³/mol. The van der Waals surface area contributed by atoms with Crippen LogP contribution in [-0.2, 0) is 13.0 Å². The van der Waals surface area contributed by atoms with E-state index in [-0.39, 0.29) is 29.9 Å². The Morgan fingerprint density at radius 3 is 2.76 bits per heavy atom. The number of aryl methyl sites for hydroxylation is 1. The minimum Gasteiger partial charge on any atom is -0.356 e. The number of aromatic nitrogens is 1. The number of nitrogens with zero attached hydrogens (tertiary/aromatic N) is 2. The molecular weight excluding hydrogens is 449 g/mol. The molecule has 8 heteroatoms. The third kappa shape index (κ3) is 6.99. The van der Waals surface area contributed by atoms with Crippen LogP contribution in [0.4, 0.5) is 0 Å². The van der Waals surface area contributed by atoms with E-state index in [0.717, 1.165) is 35.2 Å². The van der Waals surface area contributed by atoms with Gasteiger partial charge in [0.2, 0.25) is 0 Å². The highest BCUT2D eigenvalue weighted by Gasteiger charge is 2.05. The third-order valence-corrected chi connectivity index (χ3v) is 4.26. The van der Waals surface area contributed by atoms with Crippen LogP contribution in [0.15, 0.2) is 34.6 Å². The van der Waals surface area contributed by atoms with E-state index in [1.807, 2.05) is 25.1 Å². The average molecular weight is 473 g/mol. The van der Waals surface area contributed by atoms with Gasteiger partial charge in [0.15, 0.2) is 5.96 Å². The van der Waals surface area contributed by atoms with Crippen molar-refractivity contribution >= 4 is 47.2 Å². The fraction of sp³-hybridized carbons (Fsp3) is 0.353. The summed E-state index contributed by atoms with van der Waals surface area (Å²) in [6.45, 7) is 3.37. The predicted octanol–water partition coefficient (Wildman–Crippen LogP) is 2.34. The summed E-state index contributed by atoms with van der Waals surface area (Å²) in [6, 6.07) is 7.52. The molecule has 3 N–H and O–H groups in total. The van der Waals surface area contributed by atoms with Crippen LogP contribution in [0.2, 0.25) is 0 Å². The van der Waals surface area contributed by atoms with E-state index < -0.39 is 0 Å². The SMILES string of the molecule is CN=C(NCCc1csc(C)n1)NCc1cccc(C(=O)NC)c1.I. The van der Waals surface area contributed by atoms with Gasteiger partial charge >= 0.3 is 0 Å². The molecule has 0 spiro atoms. The van der Waals surface area contributed by atoms with Gasteiger partial charge in [0.05, 0.1) is 10.7 Å². The molecule has 0 saturated heterocycles. The van der Waals surface area contributed by atoms with Crippen molar-refractivity contribution in [3.8, 4) is 0 Å². The number of halogens is 1. The zero-order valence-electron chi connectivity index (χ0n) is 14.6. The fourth-order valence-corrected chi connectivity index (χ4v) is 2.85. The zero-order chi connectivity index (χ0) is 17.4. The van der Waals surface area contributed by atoms with Gasteiger partial charge in [-0.05, 0) is 24.6 Å². The lowest BCUT2D eigenvalue weighted by Crippen LogP contribution is -2.37. The molecule has 6 nitrogen and oxygen atoms in total. The van der Waals surface area contributed by atoms with Gasteiger partial charge in [-0.2, -0.15) is 0 Å². The molecule has 0 radical (unpaired) electrons. The minimum absolute atomic E-state index is 0. The molecule has 136 valence electrons. The van der Waals surface area contributed by atoms with Crippen molar-refractivity contribution in [3.63, 3.8) is 0 Å². The average Bonchev–Trinajstić information content (AvgIpc) is 3.02. The van der Waals surface area contributed by atoms with E-state index in [1.54, 1.807) is 31.5 Å². The van der Waals surface area contributed by atoms with Crippen molar-refractivity contribution in [2.75, 3.05) is 20.6 Å². The highest BCUT2D eigenvalue weighted by Crippen LogP contribution is 2.08. The molecule has 2 rings (SSSR count). The quantitative estimate of drug-likeness (QED) is 0.342. The molecule has 0 bridgehead atoms. The summed E-state index contributed by atoms with van der Waals surface area (Å²) < 4.78 is 0. The van der Waals surface area contributed by atoms with Crippen molar-refractivity contribution in [3.05, 3.63) is 51.5 Å². The Morgan fingerprint density at radius 1 is 1.32 bits per heavy atom. The number of nitrogens with one attached hydrogen (secondary N) is 3. The van der Waals surface area contributed by atoms with Crippen LogP contribution < -0.4 is 16.0 Å². The maximum Gasteiger partial charge on any atom is 0.251 e. The second kappa shape index (κ2) is 11.0. The van der Waals surface area contributed by atoms with E-state index in [0.29, 0.717) is 12.1 Å². The molecule has 1 aromatic heterocycles. The molecule has 1 heterocycles. The second-order valence-electron chi connectivity index (χ2n) is 5.24. The number of thiazole rings is 1. The van der Waals surface area contributed by atoms with E-state index in [4.69, 9.17) is 0 Å². The lowest BCUT2D eigenvalue weighted by Gasteiger charge is -2.12. The highest BCUT2D eigenvalue weighted by atomic mass is 127. The molecule has 25 heavy (non-hydrogen) atoms. The molecule has 2 aromatic rings. The number of benzene rings is 1. The zero-order valence-corrected chi connectivity index (χ0v) is 17.8. The third-order valence-electron chi connectivity index (χ3n) is 3.44. The van der Waals surface area contributed by atoms with Crippen LogP contribution >= 0.6 is 35.3 Å². The summed E-state index contributed by atoms with van der Waals surface area (Å²) >= 11 is 1.66. The van der Waals surface area contributed by atoms with Crippen molar-refractivity contribution in [2.45, 2.75) is 19.9 Å². The molecule has 0 aliphatic rings. The van der Waals surface area contributed by atoms with E-state index >= 15 is 0 Å². The standard InChI is InChI=1S/C17H23N5OS.HI/c1-12-22-15(11-24-12)7-8-20-17(19-3)21-10-13-5-4-6-14(9-13)16(23)18-2;/h4-6,9,11H,7-8,10H2,1-3H3,(H,18,23)(H2,19,20,21);1H. The van der Waals surface area contributed by atoms with Crippen molar-refractivity contribution < 1.29 is 4.79 Å². The number of rotatable bonds is 6. The fourth-order valence-electron chi connectivity index (χ4n) is 2.21. The summed E-state index contributed by atoms with van der Waals surface area (Å²) in [5, 5.41) is 12.3. The molecule has 1 amide bonds. The smallest absolute Gasteiger partial charge is 0.251 e. The molecule has 1 aromatic carbocycles. The summed E-state index contributed by atoms with van der Waals surface area (Å²) in [5.74, 6) is 0.644. The molecule has 0 saturated carbocycles. The monoisotopic (exact) mass is 473 g/mol. The molecular formula is C17H24IN5OS. The van der Waals surface area contributed by atoms with Crippen LogP contribution in [0.1, 0.15) is 26.6 Å². The molecule has 0 aliphatic carbocycles. The lowest BCUT2D eigenvalue weighted by molar-refractivity contribution is 0.0963. The topological polar surface area (TPSA) is 78.4 Å². The first-order valence-electron chi connectivity index (χ1n) is 7.79. The summed E-state index contributed by atoms with van der Waals surface area (Å²) in [6.07, 6.45) is 0.858. The van der Waals surface area contributed by atoms with Crippen molar-refractivity contribution in [1.82, 2.24) is 20.9 Å². The van der Waals surface area contributed by atoms with E-state index in [9.17, 15) is 4.79 Å². The van der Waals surface area contributed by atoms with Crippen LogP contribution in [0.3, 0.4) is 0 Å². The van der Waals surface area contributed by atoms with Gasteiger partial charge in [0, 0.05) is 44.5 Å². The molecule has 0 unspecified atom stereocenters. The highest BCUT2D eigenvalue weighted by molar-refractivity contribution is 14.0. The number of hydrogen-bond acceptors (Lipinski definition) is 4. The number of carbonyl (C=O) groups is 1. The Balaban J connectivity index is 0.00000312. The Hall–Kier alpha value is -1.68. The van der Waals surface area contributed by atoms with Crippen LogP contribution in [-0.4, -0.2) is 37.5 Å². The first-order valence-corrected chi connectivity index (χ1v) is 8.67. The van der Waals surface area contributed by atoms with E-state index in [1.165, 1.54) is 0 Å². The van der Waals surface area contributed by atoms with Gasteiger partial charge in [-0.1, -0.05) is 12.1 Å². The molecule has 0 atom stereocenters. The maximum absolute atomic E-state index is 11.7. The van der Waals surface area contributed by atoms with Gasteiger partial charge in [-0.15, -0.1) is 35.3 Å². The van der Waals surface area contributed by atoms with Gasteiger partial charge in [0.25, 0.3) is 5.91 Å². The first-order chi connectivity index (χ1) is 11.6. The van der Waals surface area contributed by atoms with Crippen molar-refractivity contribution in [2.24, 2.45) is 4.99 Å². The number of carbonyl (C=O) groups excluding carboxylic acids is 1. The largest absolute Gasteiger partial charge is 0.356 e. The van der Waals surface area contributed by atoms with E-state index in [2.05, 4.69) is 31.3 Å². The lowest BCUT2D eigenvalue weighted by atomic mass is 10.1. The normalized spacial score (nSPS) is 10.8.